The number of aromatic nitrogens is 1. The fourth-order valence-electron chi connectivity index (χ4n) is 0.965. The molecule has 0 bridgehead atoms. The molecule has 0 fully saturated rings. The van der Waals surface area contributed by atoms with Crippen LogP contribution in [-0.4, -0.2) is 17.8 Å². The Morgan fingerprint density at radius 2 is 2.42 bits per heavy atom. The largest absolute Gasteiger partial charge is 0.481 e. The molecule has 1 aromatic heterocycles. The Kier molecular flexibility index (Phi) is 3.69. The molecule has 0 aromatic carbocycles. The van der Waals surface area contributed by atoms with Gasteiger partial charge >= 0.3 is 0 Å². The Bertz CT molecular complexity index is 267. The summed E-state index contributed by atoms with van der Waals surface area (Å²) in [6.45, 7) is 0. The zero-order valence-electron chi connectivity index (χ0n) is 6.75. The lowest BCUT2D eigenvalue weighted by Crippen LogP contribution is -1.96. The second-order valence-corrected chi connectivity index (χ2v) is 3.11. The van der Waals surface area contributed by atoms with E-state index in [1.54, 1.807) is 19.4 Å². The van der Waals surface area contributed by atoms with Crippen molar-refractivity contribution in [1.29, 1.82) is 0 Å². The lowest BCUT2D eigenvalue weighted by atomic mass is 10.2. The number of nitrogens with zero attached hydrogens (tertiary/aromatic N) is 1. The third-order valence-electron chi connectivity index (χ3n) is 1.51. The van der Waals surface area contributed by atoms with E-state index in [-0.39, 0.29) is 0 Å². The summed E-state index contributed by atoms with van der Waals surface area (Å²) in [5, 5.41) is 0.691. The van der Waals surface area contributed by atoms with E-state index in [1.807, 2.05) is 0 Å². The minimum atomic E-state index is 0.594. The molecule has 0 radical (unpaired) electrons. The van der Waals surface area contributed by atoms with Crippen LogP contribution in [0.1, 0.15) is 5.56 Å². The van der Waals surface area contributed by atoms with Gasteiger partial charge in [0.25, 0.3) is 0 Å². The molecule has 66 valence electrons. The summed E-state index contributed by atoms with van der Waals surface area (Å²) in [5.74, 6) is 1.33. The Labute approximate surface area is 82.3 Å². The zero-order chi connectivity index (χ0) is 8.97. The van der Waals surface area contributed by atoms with Gasteiger partial charge in [0.05, 0.1) is 12.1 Å². The van der Waals surface area contributed by atoms with Gasteiger partial charge in [0.2, 0.25) is 5.88 Å². The zero-order valence-corrected chi connectivity index (χ0v) is 8.40. The summed E-state index contributed by atoms with van der Waals surface area (Å²) in [5.41, 5.74) is 0.927. The van der Waals surface area contributed by atoms with Crippen molar-refractivity contribution in [3.8, 4) is 5.88 Å². The highest BCUT2D eigenvalue weighted by Gasteiger charge is 2.06. The molecule has 0 aliphatic heterocycles. The van der Waals surface area contributed by atoms with Gasteiger partial charge in [-0.15, -0.1) is 0 Å². The monoisotopic (exact) mass is 203 g/mol. The van der Waals surface area contributed by atoms with Crippen molar-refractivity contribution in [1.82, 2.24) is 4.98 Å². The topological polar surface area (TPSA) is 22.1 Å². The van der Waals surface area contributed by atoms with Crippen LogP contribution < -0.4 is 4.74 Å². The number of pyridine rings is 1. The number of halogens is 1. The lowest BCUT2D eigenvalue weighted by molar-refractivity contribution is 0.393. The third kappa shape index (κ3) is 2.05. The van der Waals surface area contributed by atoms with Crippen LogP contribution in [0.4, 0.5) is 0 Å². The molecule has 0 aliphatic rings. The summed E-state index contributed by atoms with van der Waals surface area (Å²) in [6, 6.07) is 1.75. The SMILES string of the molecule is COc1nccc(Cl)c1CCS. The summed E-state index contributed by atoms with van der Waals surface area (Å²) in [7, 11) is 1.58. The van der Waals surface area contributed by atoms with E-state index in [0.29, 0.717) is 10.9 Å². The quantitative estimate of drug-likeness (QED) is 0.762. The Balaban J connectivity index is 3.02. The van der Waals surface area contributed by atoms with E-state index in [1.165, 1.54) is 0 Å². The smallest absolute Gasteiger partial charge is 0.217 e. The van der Waals surface area contributed by atoms with Crippen molar-refractivity contribution in [3.63, 3.8) is 0 Å². The average Bonchev–Trinajstić information content (AvgIpc) is 2.09. The molecule has 0 amide bonds. The molecule has 0 spiro atoms. The molecule has 0 aliphatic carbocycles. The van der Waals surface area contributed by atoms with Crippen molar-refractivity contribution in [2.24, 2.45) is 0 Å². The van der Waals surface area contributed by atoms with Gasteiger partial charge in [-0.3, -0.25) is 0 Å². The van der Waals surface area contributed by atoms with E-state index in [9.17, 15) is 0 Å². The van der Waals surface area contributed by atoms with Crippen molar-refractivity contribution in [2.75, 3.05) is 12.9 Å². The van der Waals surface area contributed by atoms with Gasteiger partial charge in [0, 0.05) is 11.8 Å². The number of methoxy groups -OCH3 is 1. The van der Waals surface area contributed by atoms with Crippen LogP contribution in [0, 0.1) is 0 Å². The Hall–Kier alpha value is -0.410. The van der Waals surface area contributed by atoms with E-state index in [0.717, 1.165) is 17.7 Å². The van der Waals surface area contributed by atoms with E-state index >= 15 is 0 Å². The lowest BCUT2D eigenvalue weighted by Gasteiger charge is -2.06. The van der Waals surface area contributed by atoms with Crippen LogP contribution in [0.15, 0.2) is 12.3 Å². The molecule has 1 rings (SSSR count). The maximum absolute atomic E-state index is 5.93. The van der Waals surface area contributed by atoms with Crippen LogP contribution in [-0.2, 0) is 6.42 Å². The van der Waals surface area contributed by atoms with Crippen LogP contribution in [0.25, 0.3) is 0 Å². The fourth-order valence-corrected chi connectivity index (χ4v) is 1.42. The predicted molar refractivity (Wildman–Crippen MR) is 53.4 cm³/mol. The third-order valence-corrected chi connectivity index (χ3v) is 2.09. The second-order valence-electron chi connectivity index (χ2n) is 2.25. The first-order chi connectivity index (χ1) is 5.79. The first-order valence-electron chi connectivity index (χ1n) is 3.57. The maximum atomic E-state index is 5.93. The predicted octanol–water partition coefficient (Wildman–Crippen LogP) is 2.22. The molecular weight excluding hydrogens is 194 g/mol. The minimum absolute atomic E-state index is 0.594. The summed E-state index contributed by atoms with van der Waals surface area (Å²) >= 11 is 10.1. The number of hydrogen-bond donors (Lipinski definition) is 1. The Morgan fingerprint density at radius 3 is 3.00 bits per heavy atom. The highest BCUT2D eigenvalue weighted by molar-refractivity contribution is 7.80. The van der Waals surface area contributed by atoms with E-state index < -0.39 is 0 Å². The minimum Gasteiger partial charge on any atom is -0.481 e. The van der Waals surface area contributed by atoms with Gasteiger partial charge in [0.15, 0.2) is 0 Å². The van der Waals surface area contributed by atoms with Crippen molar-refractivity contribution < 1.29 is 4.74 Å². The van der Waals surface area contributed by atoms with Gasteiger partial charge in [0.1, 0.15) is 0 Å². The van der Waals surface area contributed by atoms with E-state index in [2.05, 4.69) is 17.6 Å². The van der Waals surface area contributed by atoms with Gasteiger partial charge in [-0.05, 0) is 18.2 Å². The molecule has 2 nitrogen and oxygen atoms in total. The Morgan fingerprint density at radius 1 is 1.67 bits per heavy atom. The number of hydrogen-bond acceptors (Lipinski definition) is 3. The molecule has 0 saturated carbocycles. The van der Waals surface area contributed by atoms with Gasteiger partial charge < -0.3 is 4.74 Å². The van der Waals surface area contributed by atoms with Crippen molar-refractivity contribution >= 4 is 24.2 Å². The molecule has 4 heteroatoms. The van der Waals surface area contributed by atoms with E-state index in [4.69, 9.17) is 16.3 Å². The second kappa shape index (κ2) is 4.58. The molecule has 0 N–H and O–H groups in total. The standard InChI is InChI=1S/C8H10ClNOS/c1-11-8-6(3-5-12)7(9)2-4-10-8/h2,4,12H,3,5H2,1H3. The molecule has 0 unspecified atom stereocenters. The van der Waals surface area contributed by atoms with Gasteiger partial charge in [-0.1, -0.05) is 11.6 Å². The molecule has 1 heterocycles. The molecule has 12 heavy (non-hydrogen) atoms. The molecular formula is C8H10ClNOS. The fraction of sp³-hybridized carbons (Fsp3) is 0.375. The molecule has 0 saturated heterocycles. The number of rotatable bonds is 3. The van der Waals surface area contributed by atoms with Crippen LogP contribution in [0.3, 0.4) is 0 Å². The average molecular weight is 204 g/mol. The summed E-state index contributed by atoms with van der Waals surface area (Å²) in [6.07, 6.45) is 2.40. The van der Waals surface area contributed by atoms with Crippen LogP contribution in [0.2, 0.25) is 5.02 Å². The highest BCUT2D eigenvalue weighted by atomic mass is 35.5. The van der Waals surface area contributed by atoms with Crippen molar-refractivity contribution in [2.45, 2.75) is 6.42 Å². The molecule has 0 atom stereocenters. The summed E-state index contributed by atoms with van der Waals surface area (Å²) < 4.78 is 5.05. The number of ether oxygens (including phenoxy) is 1. The highest BCUT2D eigenvalue weighted by Crippen LogP contribution is 2.24. The van der Waals surface area contributed by atoms with Gasteiger partial charge in [-0.25, -0.2) is 4.98 Å². The maximum Gasteiger partial charge on any atom is 0.217 e. The number of thiol groups is 1. The summed E-state index contributed by atoms with van der Waals surface area (Å²) in [4.78, 5) is 4.04. The van der Waals surface area contributed by atoms with Gasteiger partial charge in [-0.2, -0.15) is 12.6 Å². The van der Waals surface area contributed by atoms with Crippen LogP contribution >= 0.6 is 24.2 Å². The van der Waals surface area contributed by atoms with Crippen LogP contribution in [0.5, 0.6) is 5.88 Å². The molecule has 1 aromatic rings. The normalized spacial score (nSPS) is 9.92. The first-order valence-corrected chi connectivity index (χ1v) is 4.59. The van der Waals surface area contributed by atoms with Crippen molar-refractivity contribution in [3.05, 3.63) is 22.8 Å². The first kappa shape index (κ1) is 9.68.